The average Bonchev–Trinajstić information content (AvgIpc) is 2.81. The summed E-state index contributed by atoms with van der Waals surface area (Å²) in [6.45, 7) is 4.00. The van der Waals surface area contributed by atoms with Gasteiger partial charge in [0.25, 0.3) is 5.91 Å². The summed E-state index contributed by atoms with van der Waals surface area (Å²) in [5.74, 6) is -0.144. The second-order valence-corrected chi connectivity index (χ2v) is 3.66. The summed E-state index contributed by atoms with van der Waals surface area (Å²) >= 11 is 0. The summed E-state index contributed by atoms with van der Waals surface area (Å²) in [5, 5.41) is 2.28. The highest BCUT2D eigenvalue weighted by Crippen LogP contribution is 2.20. The van der Waals surface area contributed by atoms with E-state index in [1.807, 2.05) is 49.9 Å². The van der Waals surface area contributed by atoms with E-state index >= 15 is 0 Å². The fourth-order valence-corrected chi connectivity index (χ4v) is 1.78. The van der Waals surface area contributed by atoms with Gasteiger partial charge in [0.1, 0.15) is 0 Å². The monoisotopic (exact) mass is 248 g/mol. The molecule has 0 unspecified atom stereocenters. The Morgan fingerprint density at radius 3 is 2.56 bits per heavy atom. The van der Waals surface area contributed by atoms with Gasteiger partial charge < -0.3 is 4.57 Å². The first-order chi connectivity index (χ1) is 8.65. The number of amides is 1. The zero-order valence-electron chi connectivity index (χ0n) is 11.6. The van der Waals surface area contributed by atoms with Crippen LogP contribution in [0, 0.1) is 0 Å². The summed E-state index contributed by atoms with van der Waals surface area (Å²) in [6, 6.07) is 7.65. The number of nitrogens with zero attached hydrogens (tertiary/aromatic N) is 2. The van der Waals surface area contributed by atoms with E-state index in [2.05, 4.69) is 0 Å². The van der Waals surface area contributed by atoms with Crippen LogP contribution in [-0.4, -0.2) is 29.7 Å². The van der Waals surface area contributed by atoms with Gasteiger partial charge in [-0.3, -0.25) is 9.63 Å². The van der Waals surface area contributed by atoms with Crippen molar-refractivity contribution in [2.24, 2.45) is 7.05 Å². The summed E-state index contributed by atoms with van der Waals surface area (Å²) in [5.41, 5.74) is 1.57. The Morgan fingerprint density at radius 2 is 1.94 bits per heavy atom. The van der Waals surface area contributed by atoms with Gasteiger partial charge in [-0.25, -0.2) is 5.06 Å². The van der Waals surface area contributed by atoms with Crippen LogP contribution in [0.2, 0.25) is 0 Å². The summed E-state index contributed by atoms with van der Waals surface area (Å²) in [6.07, 6.45) is 1.94. The molecule has 0 N–H and O–H groups in total. The molecule has 0 aliphatic heterocycles. The molecule has 4 nitrogen and oxygen atoms in total. The highest BCUT2D eigenvalue weighted by molar-refractivity contribution is 6.05. The summed E-state index contributed by atoms with van der Waals surface area (Å²) in [7, 11) is 5.00. The predicted octanol–water partition coefficient (Wildman–Crippen LogP) is 2.84. The molecule has 98 valence electrons. The lowest BCUT2D eigenvalue weighted by Crippen LogP contribution is -2.25. The van der Waals surface area contributed by atoms with Crippen molar-refractivity contribution >= 4 is 16.8 Å². The molecule has 1 amide bonds. The SMILES string of the molecule is CC.CON(C)C(=O)c1cccc2ccn(C)c12. The number of carbonyl (C=O) groups excluding carboxylic acids is 1. The topological polar surface area (TPSA) is 34.5 Å². The van der Waals surface area contributed by atoms with Crippen molar-refractivity contribution in [3.8, 4) is 0 Å². The lowest BCUT2D eigenvalue weighted by molar-refractivity contribution is -0.0755. The number of para-hydroxylation sites is 1. The van der Waals surface area contributed by atoms with E-state index in [4.69, 9.17) is 4.84 Å². The smallest absolute Gasteiger partial charge is 0.279 e. The maximum Gasteiger partial charge on any atom is 0.279 e. The maximum atomic E-state index is 12.0. The quantitative estimate of drug-likeness (QED) is 0.766. The lowest BCUT2D eigenvalue weighted by Gasteiger charge is -2.14. The van der Waals surface area contributed by atoms with Crippen LogP contribution in [-0.2, 0) is 11.9 Å². The number of fused-ring (bicyclic) bond motifs is 1. The number of carbonyl (C=O) groups is 1. The van der Waals surface area contributed by atoms with E-state index in [1.54, 1.807) is 13.1 Å². The molecule has 0 spiro atoms. The van der Waals surface area contributed by atoms with Crippen LogP contribution in [0.5, 0.6) is 0 Å². The van der Waals surface area contributed by atoms with Crippen molar-refractivity contribution in [1.29, 1.82) is 0 Å². The van der Waals surface area contributed by atoms with Gasteiger partial charge in [0.2, 0.25) is 0 Å². The highest BCUT2D eigenvalue weighted by Gasteiger charge is 2.15. The molecule has 2 aromatic rings. The van der Waals surface area contributed by atoms with Crippen LogP contribution in [0.1, 0.15) is 24.2 Å². The molecule has 0 bridgehead atoms. The van der Waals surface area contributed by atoms with E-state index in [9.17, 15) is 4.79 Å². The van der Waals surface area contributed by atoms with Crippen molar-refractivity contribution < 1.29 is 9.63 Å². The Balaban J connectivity index is 0.000000771. The molecule has 0 aliphatic carbocycles. The molecule has 1 aromatic heterocycles. The number of aromatic nitrogens is 1. The minimum absolute atomic E-state index is 0.144. The van der Waals surface area contributed by atoms with Gasteiger partial charge in [0.15, 0.2) is 0 Å². The maximum absolute atomic E-state index is 12.0. The van der Waals surface area contributed by atoms with Gasteiger partial charge in [-0.15, -0.1) is 0 Å². The van der Waals surface area contributed by atoms with Gasteiger partial charge in [0, 0.05) is 25.7 Å². The van der Waals surface area contributed by atoms with Crippen molar-refractivity contribution in [3.63, 3.8) is 0 Å². The third-order valence-corrected chi connectivity index (χ3v) is 2.69. The van der Waals surface area contributed by atoms with Crippen LogP contribution in [0.3, 0.4) is 0 Å². The first-order valence-electron chi connectivity index (χ1n) is 6.01. The first kappa shape index (κ1) is 14.3. The molecule has 0 radical (unpaired) electrons. The number of hydrogen-bond donors (Lipinski definition) is 0. The Hall–Kier alpha value is -1.81. The minimum atomic E-state index is -0.144. The Morgan fingerprint density at radius 1 is 1.28 bits per heavy atom. The second-order valence-electron chi connectivity index (χ2n) is 3.66. The van der Waals surface area contributed by atoms with Crippen LogP contribution >= 0.6 is 0 Å². The molecular weight excluding hydrogens is 228 g/mol. The van der Waals surface area contributed by atoms with Gasteiger partial charge in [0.05, 0.1) is 18.2 Å². The van der Waals surface area contributed by atoms with Crippen LogP contribution < -0.4 is 0 Å². The van der Waals surface area contributed by atoms with Gasteiger partial charge in [-0.2, -0.15) is 0 Å². The molecule has 4 heteroatoms. The number of benzene rings is 1. The van der Waals surface area contributed by atoms with E-state index in [0.717, 1.165) is 10.9 Å². The second kappa shape index (κ2) is 6.21. The fourth-order valence-electron chi connectivity index (χ4n) is 1.78. The predicted molar refractivity (Wildman–Crippen MR) is 73.4 cm³/mol. The molecule has 0 atom stereocenters. The van der Waals surface area contributed by atoms with E-state index < -0.39 is 0 Å². The molecule has 1 aromatic carbocycles. The van der Waals surface area contributed by atoms with Gasteiger partial charge in [-0.05, 0) is 12.1 Å². The number of hydroxylamine groups is 2. The summed E-state index contributed by atoms with van der Waals surface area (Å²) in [4.78, 5) is 16.9. The van der Waals surface area contributed by atoms with E-state index in [0.29, 0.717) is 5.56 Å². The molecule has 0 fully saturated rings. The standard InChI is InChI=1S/C12H14N2O2.C2H6/c1-13-8-7-9-5-4-6-10(11(9)13)12(15)14(2)16-3;1-2/h4-8H,1-3H3;1-2H3. The molecule has 0 aliphatic rings. The summed E-state index contributed by atoms with van der Waals surface area (Å²) < 4.78 is 1.94. The normalized spacial score (nSPS) is 9.83. The molecule has 1 heterocycles. The lowest BCUT2D eigenvalue weighted by atomic mass is 10.1. The third-order valence-electron chi connectivity index (χ3n) is 2.69. The van der Waals surface area contributed by atoms with Gasteiger partial charge in [-0.1, -0.05) is 26.0 Å². The third kappa shape index (κ3) is 2.54. The zero-order valence-corrected chi connectivity index (χ0v) is 11.6. The number of hydrogen-bond acceptors (Lipinski definition) is 2. The van der Waals surface area contributed by atoms with Gasteiger partial charge >= 0.3 is 0 Å². The largest absolute Gasteiger partial charge is 0.350 e. The number of rotatable bonds is 2. The molecule has 0 saturated heterocycles. The van der Waals surface area contributed by atoms with E-state index in [1.165, 1.54) is 12.2 Å². The van der Waals surface area contributed by atoms with Crippen molar-refractivity contribution in [2.75, 3.05) is 14.2 Å². The van der Waals surface area contributed by atoms with Crippen molar-refractivity contribution in [1.82, 2.24) is 9.63 Å². The van der Waals surface area contributed by atoms with Crippen LogP contribution in [0.25, 0.3) is 10.9 Å². The Bertz CT molecular complexity index is 532. The molecule has 18 heavy (non-hydrogen) atoms. The van der Waals surface area contributed by atoms with Crippen LogP contribution in [0.15, 0.2) is 30.5 Å². The average molecular weight is 248 g/mol. The Labute approximate surface area is 108 Å². The van der Waals surface area contributed by atoms with E-state index in [-0.39, 0.29) is 5.91 Å². The molecule has 0 saturated carbocycles. The van der Waals surface area contributed by atoms with Crippen molar-refractivity contribution in [2.45, 2.75) is 13.8 Å². The molecular formula is C14H20N2O2. The minimum Gasteiger partial charge on any atom is -0.350 e. The first-order valence-corrected chi connectivity index (χ1v) is 6.01. The Kier molecular flexibility index (Phi) is 4.92. The zero-order chi connectivity index (χ0) is 13.7. The van der Waals surface area contributed by atoms with Crippen LogP contribution in [0.4, 0.5) is 0 Å². The highest BCUT2D eigenvalue weighted by atomic mass is 16.7. The molecule has 2 rings (SSSR count). The van der Waals surface area contributed by atoms with Crippen molar-refractivity contribution in [3.05, 3.63) is 36.0 Å². The fraction of sp³-hybridized carbons (Fsp3) is 0.357. The number of aryl methyl sites for hydroxylation is 1.